The largest absolute Gasteiger partial charge is 0.383 e. The Morgan fingerprint density at radius 3 is 3.00 bits per heavy atom. The van der Waals surface area contributed by atoms with E-state index in [0.717, 1.165) is 38.8 Å². The second-order valence-corrected chi connectivity index (χ2v) is 8.57. The maximum absolute atomic E-state index is 12.7. The lowest BCUT2D eigenvalue weighted by molar-refractivity contribution is -0.134. The van der Waals surface area contributed by atoms with E-state index in [1.54, 1.807) is 11.3 Å². The number of nitrogens with zero attached hydrogens (tertiary/aromatic N) is 4. The molecule has 0 spiro atoms. The van der Waals surface area contributed by atoms with Gasteiger partial charge in [0, 0.05) is 24.0 Å². The van der Waals surface area contributed by atoms with Gasteiger partial charge in [0.1, 0.15) is 17.3 Å². The van der Waals surface area contributed by atoms with Crippen LogP contribution in [0.15, 0.2) is 42.0 Å². The van der Waals surface area contributed by atoms with Crippen molar-refractivity contribution in [1.29, 1.82) is 0 Å². The molecule has 30 heavy (non-hydrogen) atoms. The molecule has 4 aromatic rings. The second kappa shape index (κ2) is 7.79. The molecule has 1 fully saturated rings. The topological polar surface area (TPSA) is 97.0 Å². The number of aromatic nitrogens is 3. The number of hydrogen-bond acceptors (Lipinski definition) is 7. The average molecular weight is 439 g/mol. The highest BCUT2D eigenvalue weighted by molar-refractivity contribution is 7.17. The molecule has 1 atom stereocenters. The van der Waals surface area contributed by atoms with Gasteiger partial charge in [-0.1, -0.05) is 17.7 Å². The third-order valence-corrected chi connectivity index (χ3v) is 6.59. The number of halogens is 1. The first kappa shape index (κ1) is 19.2. The van der Waals surface area contributed by atoms with Crippen molar-refractivity contribution in [1.82, 2.24) is 25.2 Å². The lowest BCUT2D eigenvalue weighted by atomic mass is 9.96. The van der Waals surface area contributed by atoms with E-state index in [2.05, 4.69) is 26.3 Å². The molecule has 3 aromatic heterocycles. The number of nitrogens with two attached hydrogens (primary N) is 1. The number of pyridine rings is 1. The van der Waals surface area contributed by atoms with E-state index in [9.17, 15) is 4.79 Å². The minimum absolute atomic E-state index is 0.0564. The van der Waals surface area contributed by atoms with Gasteiger partial charge in [-0.2, -0.15) is 0 Å². The van der Waals surface area contributed by atoms with Crippen LogP contribution in [0.5, 0.6) is 0 Å². The van der Waals surface area contributed by atoms with Crippen LogP contribution in [0, 0.1) is 0 Å². The predicted molar refractivity (Wildman–Crippen MR) is 120 cm³/mol. The number of thiophene rings is 1. The number of anilines is 1. The van der Waals surface area contributed by atoms with Crippen molar-refractivity contribution < 1.29 is 4.79 Å². The summed E-state index contributed by atoms with van der Waals surface area (Å²) in [5.41, 5.74) is 9.52. The number of amides is 1. The van der Waals surface area contributed by atoms with Crippen molar-refractivity contribution in [2.45, 2.75) is 12.5 Å². The smallest absolute Gasteiger partial charge is 0.237 e. The van der Waals surface area contributed by atoms with Gasteiger partial charge in [0.25, 0.3) is 0 Å². The third-order valence-electron chi connectivity index (χ3n) is 5.44. The Balaban J connectivity index is 1.59. The van der Waals surface area contributed by atoms with E-state index >= 15 is 0 Å². The summed E-state index contributed by atoms with van der Waals surface area (Å²) in [7, 11) is 0. The molecule has 1 amide bonds. The molecule has 152 valence electrons. The first-order chi connectivity index (χ1) is 14.6. The van der Waals surface area contributed by atoms with E-state index in [1.165, 1.54) is 6.33 Å². The number of carbonyl (C=O) groups is 1. The van der Waals surface area contributed by atoms with Gasteiger partial charge in [0.2, 0.25) is 5.91 Å². The minimum atomic E-state index is -0.220. The standard InChI is InChI=1S/C21H19ClN6OS/c22-20-14(9-18-15(27-20)3-6-30-18)17(28-5-4-24-10-19(28)29)8-12-1-2-13-16(7-12)25-11-26-21(13)23/h1-3,6-7,9,11,17,24H,4-5,8,10H2,(H2,23,25,26). The van der Waals surface area contributed by atoms with E-state index in [-0.39, 0.29) is 11.9 Å². The Bertz CT molecular complexity index is 1260. The summed E-state index contributed by atoms with van der Waals surface area (Å²) in [6, 6.07) is 9.73. The van der Waals surface area contributed by atoms with Crippen LogP contribution >= 0.6 is 22.9 Å². The quantitative estimate of drug-likeness (QED) is 0.475. The van der Waals surface area contributed by atoms with Crippen molar-refractivity contribution in [3.63, 3.8) is 0 Å². The molecule has 0 bridgehead atoms. The van der Waals surface area contributed by atoms with Crippen molar-refractivity contribution in [2.75, 3.05) is 25.4 Å². The molecule has 1 aliphatic heterocycles. The van der Waals surface area contributed by atoms with Gasteiger partial charge in [0.15, 0.2) is 0 Å². The van der Waals surface area contributed by atoms with Gasteiger partial charge < -0.3 is 16.0 Å². The summed E-state index contributed by atoms with van der Waals surface area (Å²) < 4.78 is 1.06. The average Bonchev–Trinajstić information content (AvgIpc) is 3.19. The van der Waals surface area contributed by atoms with Crippen molar-refractivity contribution >= 4 is 55.8 Å². The zero-order valence-electron chi connectivity index (χ0n) is 16.0. The Morgan fingerprint density at radius 2 is 2.13 bits per heavy atom. The van der Waals surface area contributed by atoms with Crippen molar-refractivity contribution in [3.8, 4) is 0 Å². The Hall–Kier alpha value is -2.81. The number of fused-ring (bicyclic) bond motifs is 2. The second-order valence-electron chi connectivity index (χ2n) is 7.27. The van der Waals surface area contributed by atoms with Crippen LogP contribution in [0.3, 0.4) is 0 Å². The first-order valence-corrected chi connectivity index (χ1v) is 10.9. The zero-order valence-corrected chi connectivity index (χ0v) is 17.6. The number of nitrogen functional groups attached to an aromatic ring is 1. The summed E-state index contributed by atoms with van der Waals surface area (Å²) in [4.78, 5) is 27.6. The van der Waals surface area contributed by atoms with Gasteiger partial charge >= 0.3 is 0 Å². The molecule has 4 heterocycles. The van der Waals surface area contributed by atoms with Crippen LogP contribution in [0.2, 0.25) is 5.15 Å². The Morgan fingerprint density at radius 1 is 1.23 bits per heavy atom. The number of benzene rings is 1. The Kier molecular flexibility index (Phi) is 4.98. The fourth-order valence-electron chi connectivity index (χ4n) is 3.93. The summed E-state index contributed by atoms with van der Waals surface area (Å²) in [5.74, 6) is 0.511. The summed E-state index contributed by atoms with van der Waals surface area (Å²) in [5, 5.41) is 6.38. The van der Waals surface area contributed by atoms with E-state index in [4.69, 9.17) is 17.3 Å². The fourth-order valence-corrected chi connectivity index (χ4v) is 4.98. The van der Waals surface area contributed by atoms with Gasteiger partial charge in [0.05, 0.1) is 28.3 Å². The highest BCUT2D eigenvalue weighted by Gasteiger charge is 2.30. The first-order valence-electron chi connectivity index (χ1n) is 9.63. The van der Waals surface area contributed by atoms with Crippen LogP contribution in [0.25, 0.3) is 21.1 Å². The fraction of sp³-hybridized carbons (Fsp3) is 0.238. The number of rotatable bonds is 4. The molecule has 5 rings (SSSR count). The maximum atomic E-state index is 12.7. The number of carbonyl (C=O) groups excluding carboxylic acids is 1. The number of nitrogens with one attached hydrogen (secondary N) is 1. The highest BCUT2D eigenvalue weighted by atomic mass is 35.5. The monoisotopic (exact) mass is 438 g/mol. The van der Waals surface area contributed by atoms with Gasteiger partial charge in [-0.05, 0) is 41.6 Å². The molecular weight excluding hydrogens is 420 g/mol. The van der Waals surface area contributed by atoms with Crippen molar-refractivity contribution in [2.24, 2.45) is 0 Å². The van der Waals surface area contributed by atoms with Crippen LogP contribution in [0.1, 0.15) is 17.2 Å². The maximum Gasteiger partial charge on any atom is 0.237 e. The van der Waals surface area contributed by atoms with E-state index < -0.39 is 0 Å². The van der Waals surface area contributed by atoms with Gasteiger partial charge in [-0.25, -0.2) is 15.0 Å². The number of piperazine rings is 1. The van der Waals surface area contributed by atoms with Crippen LogP contribution in [-0.2, 0) is 11.2 Å². The lowest BCUT2D eigenvalue weighted by Gasteiger charge is -2.35. The SMILES string of the molecule is Nc1ncnc2cc(CC(c3cc4sccc4nc3Cl)N3CCNCC3=O)ccc12. The molecule has 0 aliphatic carbocycles. The van der Waals surface area contributed by atoms with Crippen LogP contribution in [-0.4, -0.2) is 45.4 Å². The van der Waals surface area contributed by atoms with Gasteiger partial charge in [-0.3, -0.25) is 4.79 Å². The molecule has 7 nitrogen and oxygen atoms in total. The summed E-state index contributed by atoms with van der Waals surface area (Å²) in [6.07, 6.45) is 2.06. The van der Waals surface area contributed by atoms with Crippen LogP contribution < -0.4 is 11.1 Å². The summed E-state index contributed by atoms with van der Waals surface area (Å²) >= 11 is 8.22. The molecule has 0 radical (unpaired) electrons. The highest BCUT2D eigenvalue weighted by Crippen LogP contribution is 2.34. The lowest BCUT2D eigenvalue weighted by Crippen LogP contribution is -2.50. The normalized spacial score (nSPS) is 15.8. The third kappa shape index (κ3) is 3.47. The zero-order chi connectivity index (χ0) is 20.7. The number of hydrogen-bond donors (Lipinski definition) is 2. The molecule has 0 saturated carbocycles. The minimum Gasteiger partial charge on any atom is -0.383 e. The molecule has 1 aromatic carbocycles. The molecule has 1 aliphatic rings. The van der Waals surface area contributed by atoms with E-state index in [1.807, 2.05) is 34.5 Å². The molecular formula is C21H19ClN6OS. The van der Waals surface area contributed by atoms with Crippen LogP contribution in [0.4, 0.5) is 5.82 Å². The molecule has 9 heteroatoms. The summed E-state index contributed by atoms with van der Waals surface area (Å²) in [6.45, 7) is 1.69. The Labute approximate surface area is 181 Å². The predicted octanol–water partition coefficient (Wildman–Crippen LogP) is 3.19. The van der Waals surface area contributed by atoms with E-state index in [0.29, 0.717) is 30.5 Å². The molecule has 1 saturated heterocycles. The molecule has 1 unspecified atom stereocenters. The van der Waals surface area contributed by atoms with Crippen molar-refractivity contribution in [3.05, 3.63) is 58.3 Å². The molecule has 3 N–H and O–H groups in total. The van der Waals surface area contributed by atoms with Gasteiger partial charge in [-0.15, -0.1) is 11.3 Å².